The number of methoxy groups -OCH3 is 1. The number of nitriles is 1. The third-order valence-electron chi connectivity index (χ3n) is 4.87. The van der Waals surface area contributed by atoms with Crippen molar-refractivity contribution in [3.8, 4) is 23.3 Å². The highest BCUT2D eigenvalue weighted by Crippen LogP contribution is 2.30. The Balaban J connectivity index is 1.92. The predicted octanol–water partition coefficient (Wildman–Crippen LogP) is 3.64. The second kappa shape index (κ2) is 9.82. The third kappa shape index (κ3) is 4.93. The fourth-order valence-electron chi connectivity index (χ4n) is 3.18. The summed E-state index contributed by atoms with van der Waals surface area (Å²) in [6.07, 6.45) is 1.25. The number of para-hydroxylation sites is 1. The minimum atomic E-state index is -3.03. The summed E-state index contributed by atoms with van der Waals surface area (Å²) in [6.45, 7) is -1.37. The molecule has 8 nitrogen and oxygen atoms in total. The van der Waals surface area contributed by atoms with E-state index >= 15 is 0 Å². The molecule has 0 aliphatic heterocycles. The zero-order valence-electron chi connectivity index (χ0n) is 18.0. The van der Waals surface area contributed by atoms with Crippen molar-refractivity contribution in [3.05, 3.63) is 75.7 Å². The van der Waals surface area contributed by atoms with E-state index in [-0.39, 0.29) is 22.8 Å². The van der Waals surface area contributed by atoms with Crippen LogP contribution in [0.3, 0.4) is 0 Å². The highest BCUT2D eigenvalue weighted by atomic mass is 19.3. The molecule has 0 saturated carbocycles. The predicted molar refractivity (Wildman–Crippen MR) is 118 cm³/mol. The number of nitrogens with zero attached hydrogens (tertiary/aromatic N) is 3. The van der Waals surface area contributed by atoms with Crippen LogP contribution in [0.25, 0.3) is 11.8 Å². The molecule has 1 amide bonds. The minimum absolute atomic E-state index is 0.00593. The molecule has 1 aromatic heterocycles. The number of amides is 1. The summed E-state index contributed by atoms with van der Waals surface area (Å²) in [5.41, 5.74) is 0.723. The number of carbonyl (C=O) groups excluding carboxylic acids is 1. The van der Waals surface area contributed by atoms with Crippen LogP contribution in [-0.2, 0) is 11.8 Å². The molecule has 10 heteroatoms. The van der Waals surface area contributed by atoms with E-state index < -0.39 is 18.1 Å². The fourth-order valence-corrected chi connectivity index (χ4v) is 3.18. The Bertz CT molecular complexity index is 1300. The van der Waals surface area contributed by atoms with Crippen LogP contribution in [0.4, 0.5) is 14.5 Å². The van der Waals surface area contributed by atoms with Gasteiger partial charge in [0.25, 0.3) is 11.5 Å². The molecule has 3 rings (SSSR count). The SMILES string of the molecule is COc1cc(C=C(C#N)C(=O)Nc2c(C)n(C)n(-c3ccccc3)c2=O)ccc1OC(F)F. The van der Waals surface area contributed by atoms with E-state index in [4.69, 9.17) is 4.74 Å². The zero-order chi connectivity index (χ0) is 24.1. The smallest absolute Gasteiger partial charge is 0.387 e. The summed E-state index contributed by atoms with van der Waals surface area (Å²) in [6, 6.07) is 14.6. The summed E-state index contributed by atoms with van der Waals surface area (Å²) >= 11 is 0. The number of hydrogen-bond acceptors (Lipinski definition) is 5. The zero-order valence-corrected chi connectivity index (χ0v) is 18.0. The first-order valence-electron chi connectivity index (χ1n) is 9.66. The van der Waals surface area contributed by atoms with Gasteiger partial charge in [-0.2, -0.15) is 14.0 Å². The van der Waals surface area contributed by atoms with Crippen molar-refractivity contribution in [2.45, 2.75) is 13.5 Å². The van der Waals surface area contributed by atoms with Gasteiger partial charge in [-0.25, -0.2) is 4.68 Å². The van der Waals surface area contributed by atoms with Gasteiger partial charge in [-0.05, 0) is 42.8 Å². The second-order valence-electron chi connectivity index (χ2n) is 6.85. The quantitative estimate of drug-likeness (QED) is 0.434. The van der Waals surface area contributed by atoms with Crippen LogP contribution in [0, 0.1) is 18.3 Å². The maximum Gasteiger partial charge on any atom is 0.387 e. The molecule has 170 valence electrons. The van der Waals surface area contributed by atoms with Gasteiger partial charge in [0.15, 0.2) is 11.5 Å². The van der Waals surface area contributed by atoms with Gasteiger partial charge in [0.1, 0.15) is 17.3 Å². The molecule has 33 heavy (non-hydrogen) atoms. The summed E-state index contributed by atoms with van der Waals surface area (Å²) in [4.78, 5) is 25.7. The number of aromatic nitrogens is 2. The Morgan fingerprint density at radius 1 is 1.18 bits per heavy atom. The van der Waals surface area contributed by atoms with Crippen LogP contribution in [0.5, 0.6) is 11.5 Å². The van der Waals surface area contributed by atoms with E-state index in [9.17, 15) is 23.6 Å². The lowest BCUT2D eigenvalue weighted by molar-refractivity contribution is -0.112. The Hall–Kier alpha value is -4.39. The van der Waals surface area contributed by atoms with Crippen LogP contribution in [0.1, 0.15) is 11.3 Å². The average Bonchev–Trinajstić information content (AvgIpc) is 3.01. The maximum absolute atomic E-state index is 13.0. The standard InChI is InChI=1S/C23H20F2N4O4/c1-14-20(22(31)29(28(14)2)17-7-5-4-6-8-17)27-21(30)16(13-26)11-15-9-10-18(33-23(24)25)19(12-15)32-3/h4-12,23H,1-3H3,(H,27,30). The van der Waals surface area contributed by atoms with Crippen molar-refractivity contribution in [2.75, 3.05) is 12.4 Å². The van der Waals surface area contributed by atoms with Gasteiger partial charge >= 0.3 is 6.61 Å². The van der Waals surface area contributed by atoms with E-state index in [0.29, 0.717) is 16.9 Å². The number of rotatable bonds is 7. The molecule has 0 saturated heterocycles. The summed E-state index contributed by atoms with van der Waals surface area (Å²) in [5, 5.41) is 12.0. The van der Waals surface area contributed by atoms with Gasteiger partial charge in [-0.3, -0.25) is 14.3 Å². The van der Waals surface area contributed by atoms with Crippen LogP contribution in [0.15, 0.2) is 58.9 Å². The molecule has 0 atom stereocenters. The van der Waals surface area contributed by atoms with Crippen LogP contribution in [-0.4, -0.2) is 29.0 Å². The molecule has 0 fully saturated rings. The molecule has 0 spiro atoms. The van der Waals surface area contributed by atoms with E-state index in [2.05, 4.69) is 10.1 Å². The Kier molecular flexibility index (Phi) is 6.93. The first-order valence-corrected chi connectivity index (χ1v) is 9.66. The van der Waals surface area contributed by atoms with Gasteiger partial charge < -0.3 is 14.8 Å². The Labute approximate surface area is 187 Å². The van der Waals surface area contributed by atoms with Crippen molar-refractivity contribution >= 4 is 17.7 Å². The van der Waals surface area contributed by atoms with Crippen molar-refractivity contribution in [3.63, 3.8) is 0 Å². The summed E-state index contributed by atoms with van der Waals surface area (Å²) < 4.78 is 37.4. The number of nitrogens with one attached hydrogen (secondary N) is 1. The second-order valence-corrected chi connectivity index (χ2v) is 6.85. The van der Waals surface area contributed by atoms with Gasteiger partial charge in [0, 0.05) is 7.05 Å². The van der Waals surface area contributed by atoms with Gasteiger partial charge in [-0.15, -0.1) is 0 Å². The molecule has 0 aliphatic rings. The van der Waals surface area contributed by atoms with Gasteiger partial charge in [-0.1, -0.05) is 24.3 Å². The molecule has 1 heterocycles. The van der Waals surface area contributed by atoms with Crippen molar-refractivity contribution in [1.29, 1.82) is 5.26 Å². The van der Waals surface area contributed by atoms with Crippen LogP contribution in [0.2, 0.25) is 0 Å². The van der Waals surface area contributed by atoms with Crippen LogP contribution < -0.4 is 20.3 Å². The molecule has 0 aliphatic carbocycles. The van der Waals surface area contributed by atoms with Crippen molar-refractivity contribution < 1.29 is 23.0 Å². The normalized spacial score (nSPS) is 11.2. The largest absolute Gasteiger partial charge is 0.493 e. The minimum Gasteiger partial charge on any atom is -0.493 e. The van der Waals surface area contributed by atoms with Crippen molar-refractivity contribution in [1.82, 2.24) is 9.36 Å². The fraction of sp³-hybridized carbons (Fsp3) is 0.174. The van der Waals surface area contributed by atoms with E-state index in [1.807, 2.05) is 6.07 Å². The lowest BCUT2D eigenvalue weighted by Crippen LogP contribution is -2.23. The Morgan fingerprint density at radius 2 is 1.88 bits per heavy atom. The van der Waals surface area contributed by atoms with Crippen molar-refractivity contribution in [2.24, 2.45) is 7.05 Å². The number of hydrogen-bond donors (Lipinski definition) is 1. The van der Waals surface area contributed by atoms with E-state index in [1.54, 1.807) is 49.0 Å². The molecule has 3 aromatic rings. The number of benzene rings is 2. The van der Waals surface area contributed by atoms with Gasteiger partial charge in [0.2, 0.25) is 0 Å². The molecule has 0 unspecified atom stereocenters. The molecule has 0 radical (unpaired) electrons. The molecule has 1 N–H and O–H groups in total. The third-order valence-corrected chi connectivity index (χ3v) is 4.87. The number of ether oxygens (including phenoxy) is 2. The molecule has 0 bridgehead atoms. The highest BCUT2D eigenvalue weighted by Gasteiger charge is 2.20. The average molecular weight is 454 g/mol. The topological polar surface area (TPSA) is 98.3 Å². The molecule has 2 aromatic carbocycles. The highest BCUT2D eigenvalue weighted by molar-refractivity contribution is 6.09. The number of alkyl halides is 2. The Morgan fingerprint density at radius 3 is 2.48 bits per heavy atom. The van der Waals surface area contributed by atoms with E-state index in [0.717, 1.165) is 0 Å². The molecular weight excluding hydrogens is 434 g/mol. The molecular formula is C23H20F2N4O4. The summed E-state index contributed by atoms with van der Waals surface area (Å²) in [7, 11) is 2.95. The summed E-state index contributed by atoms with van der Waals surface area (Å²) in [5.74, 6) is -0.976. The number of halogens is 2. The first-order chi connectivity index (χ1) is 15.8. The van der Waals surface area contributed by atoms with Gasteiger partial charge in [0.05, 0.1) is 18.5 Å². The first kappa shape index (κ1) is 23.3. The number of carbonyl (C=O) groups is 1. The maximum atomic E-state index is 13.0. The number of anilines is 1. The lowest BCUT2D eigenvalue weighted by Gasteiger charge is -2.10. The van der Waals surface area contributed by atoms with E-state index in [1.165, 1.54) is 36.1 Å². The lowest BCUT2D eigenvalue weighted by atomic mass is 10.1. The monoisotopic (exact) mass is 454 g/mol. The van der Waals surface area contributed by atoms with Crippen LogP contribution >= 0.6 is 0 Å².